The summed E-state index contributed by atoms with van der Waals surface area (Å²) in [6.45, 7) is 0. The first-order valence-corrected chi connectivity index (χ1v) is 7.60. The van der Waals surface area contributed by atoms with Crippen molar-refractivity contribution in [3.63, 3.8) is 0 Å². The fraction of sp³-hybridized carbons (Fsp3) is 0. The van der Waals surface area contributed by atoms with Crippen LogP contribution in [0, 0.1) is 5.41 Å². The predicted octanol–water partition coefficient (Wildman–Crippen LogP) is 3.76. The Labute approximate surface area is 141 Å². The van der Waals surface area contributed by atoms with Gasteiger partial charge in [0, 0.05) is 27.4 Å². The molecule has 1 aromatic carbocycles. The van der Waals surface area contributed by atoms with Crippen LogP contribution in [0.3, 0.4) is 0 Å². The number of rotatable bonds is 2. The van der Waals surface area contributed by atoms with E-state index in [1.807, 2.05) is 12.1 Å². The fourth-order valence-electron chi connectivity index (χ4n) is 2.20. The summed E-state index contributed by atoms with van der Waals surface area (Å²) < 4.78 is 0.922. The summed E-state index contributed by atoms with van der Waals surface area (Å²) in [6.07, 6.45) is 6.69. The number of allylic oxidation sites excluding steroid dienone is 5. The zero-order chi connectivity index (χ0) is 16.4. The number of hydrogen-bond donors (Lipinski definition) is 3. The summed E-state index contributed by atoms with van der Waals surface area (Å²) in [7, 11) is 0. The van der Waals surface area contributed by atoms with Crippen molar-refractivity contribution in [2.24, 2.45) is 0 Å². The minimum absolute atomic E-state index is 0.0476. The van der Waals surface area contributed by atoms with E-state index in [1.165, 1.54) is 0 Å². The topological polar surface area (TPSA) is 95.9 Å². The molecule has 1 aliphatic carbocycles. The number of aromatic nitrogens is 2. The second-order valence-electron chi connectivity index (χ2n) is 4.92. The molecule has 0 aliphatic heterocycles. The second-order valence-corrected chi connectivity index (χ2v) is 5.83. The number of nitrogens with two attached hydrogens (primary N) is 1. The van der Waals surface area contributed by atoms with E-state index < -0.39 is 0 Å². The maximum Gasteiger partial charge on any atom is 0.220 e. The van der Waals surface area contributed by atoms with Crippen LogP contribution in [0.4, 0.5) is 5.95 Å². The first-order valence-electron chi connectivity index (χ1n) is 6.81. The molecule has 23 heavy (non-hydrogen) atoms. The highest BCUT2D eigenvalue weighted by molar-refractivity contribution is 9.10. The van der Waals surface area contributed by atoms with Crippen LogP contribution in [0.5, 0.6) is 0 Å². The number of nitrogens with one attached hydrogen (secondary N) is 1. The van der Waals surface area contributed by atoms with Crippen molar-refractivity contribution in [1.82, 2.24) is 9.97 Å². The number of hydrogen-bond acceptors (Lipinski definition) is 5. The normalized spacial score (nSPS) is 16.2. The Hall–Kier alpha value is -2.73. The third-order valence-electron chi connectivity index (χ3n) is 3.36. The lowest BCUT2D eigenvalue weighted by molar-refractivity contribution is 0.510. The fourth-order valence-corrected chi connectivity index (χ4v) is 2.46. The van der Waals surface area contributed by atoms with Gasteiger partial charge in [0.25, 0.3) is 0 Å². The van der Waals surface area contributed by atoms with Gasteiger partial charge in [-0.2, -0.15) is 0 Å². The minimum atomic E-state index is 0.0476. The van der Waals surface area contributed by atoms with Crippen LogP contribution in [0.2, 0.25) is 0 Å². The van der Waals surface area contributed by atoms with Crippen LogP contribution in [-0.2, 0) is 0 Å². The van der Waals surface area contributed by atoms with Gasteiger partial charge in [-0.15, -0.1) is 0 Å². The summed E-state index contributed by atoms with van der Waals surface area (Å²) >= 11 is 3.36. The highest BCUT2D eigenvalue weighted by Gasteiger charge is 2.15. The third-order valence-corrected chi connectivity index (χ3v) is 3.89. The lowest BCUT2D eigenvalue weighted by Gasteiger charge is -2.13. The highest BCUT2D eigenvalue weighted by Crippen LogP contribution is 2.27. The minimum Gasteiger partial charge on any atom is -0.507 e. The Balaban J connectivity index is 2.07. The Kier molecular flexibility index (Phi) is 4.08. The van der Waals surface area contributed by atoms with Crippen molar-refractivity contribution in [1.29, 1.82) is 5.41 Å². The van der Waals surface area contributed by atoms with Gasteiger partial charge in [0.05, 0.1) is 11.4 Å². The molecular formula is C17H13BrN4O. The molecule has 0 saturated heterocycles. The molecule has 4 N–H and O–H groups in total. The van der Waals surface area contributed by atoms with Gasteiger partial charge in [0.2, 0.25) is 5.95 Å². The van der Waals surface area contributed by atoms with Gasteiger partial charge >= 0.3 is 0 Å². The van der Waals surface area contributed by atoms with Crippen molar-refractivity contribution in [2.75, 3.05) is 5.73 Å². The first kappa shape index (κ1) is 15.2. The highest BCUT2D eigenvalue weighted by atomic mass is 79.9. The Morgan fingerprint density at radius 3 is 2.57 bits per heavy atom. The van der Waals surface area contributed by atoms with E-state index in [-0.39, 0.29) is 17.4 Å². The van der Waals surface area contributed by atoms with Crippen molar-refractivity contribution in [3.05, 3.63) is 76.1 Å². The second kappa shape index (κ2) is 6.18. The van der Waals surface area contributed by atoms with Crippen LogP contribution in [0.15, 0.2) is 64.8 Å². The van der Waals surface area contributed by atoms with Gasteiger partial charge in [-0.3, -0.25) is 0 Å². The summed E-state index contributed by atoms with van der Waals surface area (Å²) in [5.41, 5.74) is 8.31. The van der Waals surface area contributed by atoms with Crippen LogP contribution >= 0.6 is 15.9 Å². The molecule has 0 amide bonds. The molecule has 1 aromatic heterocycles. The van der Waals surface area contributed by atoms with Crippen molar-refractivity contribution in [3.8, 4) is 0 Å². The first-order chi connectivity index (χ1) is 11.0. The maximum absolute atomic E-state index is 10.5. The van der Waals surface area contributed by atoms with E-state index in [0.29, 0.717) is 16.8 Å². The van der Waals surface area contributed by atoms with Gasteiger partial charge < -0.3 is 16.2 Å². The number of nitrogens with zero attached hydrogens (tertiary/aromatic N) is 2. The van der Waals surface area contributed by atoms with E-state index in [0.717, 1.165) is 10.0 Å². The molecule has 0 unspecified atom stereocenters. The average molecular weight is 369 g/mol. The molecule has 3 rings (SSSR count). The number of anilines is 1. The van der Waals surface area contributed by atoms with Crippen molar-refractivity contribution >= 4 is 38.9 Å². The van der Waals surface area contributed by atoms with E-state index >= 15 is 0 Å². The molecule has 1 heterocycles. The largest absolute Gasteiger partial charge is 0.507 e. The van der Waals surface area contributed by atoms with Crippen LogP contribution in [0.1, 0.15) is 11.3 Å². The quantitative estimate of drug-likeness (QED) is 0.703. The lowest BCUT2D eigenvalue weighted by atomic mass is 9.95. The number of nitrogen functional groups attached to an aromatic ring is 1. The smallest absolute Gasteiger partial charge is 0.220 e. The molecule has 5 nitrogen and oxygen atoms in total. The zero-order valence-corrected chi connectivity index (χ0v) is 13.6. The van der Waals surface area contributed by atoms with Crippen molar-refractivity contribution in [2.45, 2.75) is 0 Å². The summed E-state index contributed by atoms with van der Waals surface area (Å²) in [5, 5.41) is 18.6. The predicted molar refractivity (Wildman–Crippen MR) is 95.0 cm³/mol. The van der Waals surface area contributed by atoms with Crippen LogP contribution < -0.4 is 5.73 Å². The number of halogens is 1. The zero-order valence-electron chi connectivity index (χ0n) is 12.0. The Morgan fingerprint density at radius 1 is 1.13 bits per heavy atom. The molecule has 114 valence electrons. The summed E-state index contributed by atoms with van der Waals surface area (Å²) in [5.74, 6) is 0.228. The molecule has 0 spiro atoms. The number of aliphatic hydroxyl groups is 1. The third kappa shape index (κ3) is 3.22. The number of benzene rings is 1. The molecular weight excluding hydrogens is 356 g/mol. The monoisotopic (exact) mass is 368 g/mol. The van der Waals surface area contributed by atoms with Crippen LogP contribution in [0.25, 0.3) is 11.3 Å². The lowest BCUT2D eigenvalue weighted by Crippen LogP contribution is -2.06. The molecule has 0 fully saturated rings. The van der Waals surface area contributed by atoms with Crippen LogP contribution in [-0.4, -0.2) is 20.8 Å². The van der Waals surface area contributed by atoms with E-state index in [2.05, 4.69) is 25.9 Å². The molecule has 0 saturated carbocycles. The van der Waals surface area contributed by atoms with Crippen molar-refractivity contribution < 1.29 is 5.11 Å². The summed E-state index contributed by atoms with van der Waals surface area (Å²) in [6, 6.07) is 8.98. The Morgan fingerprint density at radius 2 is 1.87 bits per heavy atom. The average Bonchev–Trinajstić information content (AvgIpc) is 2.55. The standard InChI is InChI=1S/C17H13BrN4O/c18-12-4-1-10(2-5-12)16(23)13-9-11(3-6-14(13)19)15-7-8-21-17(20)22-15/h1-9,19,23H,(H2,20,21,22)/b16-13-,19-14?. The number of aliphatic hydroxyl groups excluding tert-OH is 1. The molecule has 0 atom stereocenters. The molecule has 0 bridgehead atoms. The van der Waals surface area contributed by atoms with Gasteiger partial charge in [0.15, 0.2) is 0 Å². The van der Waals surface area contributed by atoms with Gasteiger partial charge in [0.1, 0.15) is 5.76 Å². The molecule has 6 heteroatoms. The molecule has 0 radical (unpaired) electrons. The molecule has 1 aliphatic rings. The summed E-state index contributed by atoms with van der Waals surface area (Å²) in [4.78, 5) is 8.03. The molecule has 2 aromatic rings. The maximum atomic E-state index is 10.5. The SMILES string of the molecule is N=C1C=CC(c2ccnc(N)n2)=C/C1=C(/O)c1ccc(Br)cc1. The van der Waals surface area contributed by atoms with E-state index in [4.69, 9.17) is 11.1 Å². The van der Waals surface area contributed by atoms with E-state index in [1.54, 1.807) is 42.6 Å². The Bertz CT molecular complexity index is 866. The van der Waals surface area contributed by atoms with Gasteiger partial charge in [-0.1, -0.05) is 34.1 Å². The van der Waals surface area contributed by atoms with Gasteiger partial charge in [-0.25, -0.2) is 9.97 Å². The van der Waals surface area contributed by atoms with Gasteiger partial charge in [-0.05, 0) is 30.4 Å². The van der Waals surface area contributed by atoms with E-state index in [9.17, 15) is 5.11 Å².